The normalized spacial score (nSPS) is 14.3. The largest absolute Gasteiger partial charge is 0.416 e. The number of sulfonamides is 1. The summed E-state index contributed by atoms with van der Waals surface area (Å²) in [7, 11) is -4.03. The number of alkyl halides is 3. The van der Waals surface area contributed by atoms with E-state index in [1.807, 2.05) is 0 Å². The van der Waals surface area contributed by atoms with Gasteiger partial charge in [0.1, 0.15) is 0 Å². The summed E-state index contributed by atoms with van der Waals surface area (Å²) in [5, 5.41) is 0. The number of halogens is 3. The zero-order valence-electron chi connectivity index (χ0n) is 11.2. The third-order valence-corrected chi connectivity index (χ3v) is 4.64. The molecule has 0 saturated carbocycles. The fourth-order valence-corrected chi connectivity index (χ4v) is 3.39. The summed E-state index contributed by atoms with van der Waals surface area (Å²) in [5.41, 5.74) is 4.12. The van der Waals surface area contributed by atoms with Crippen molar-refractivity contribution in [2.75, 3.05) is 6.54 Å². The Morgan fingerprint density at radius 2 is 1.95 bits per heavy atom. The molecule has 114 valence electrons. The maximum atomic E-state index is 12.8. The first-order valence-electron chi connectivity index (χ1n) is 6.02. The van der Waals surface area contributed by atoms with Crippen LogP contribution in [0.2, 0.25) is 0 Å². The molecule has 0 saturated heterocycles. The van der Waals surface area contributed by atoms with Crippen molar-refractivity contribution >= 4 is 10.0 Å². The summed E-state index contributed by atoms with van der Waals surface area (Å²) < 4.78 is 64.9. The van der Waals surface area contributed by atoms with Crippen LogP contribution in [0, 0.1) is 6.92 Å². The lowest BCUT2D eigenvalue weighted by Crippen LogP contribution is -2.39. The van der Waals surface area contributed by atoms with Crippen LogP contribution in [0.4, 0.5) is 13.2 Å². The van der Waals surface area contributed by atoms with Crippen molar-refractivity contribution in [3.8, 4) is 0 Å². The fourth-order valence-electron chi connectivity index (χ4n) is 1.79. The lowest BCUT2D eigenvalue weighted by atomic mass is 10.1. The number of nitrogens with two attached hydrogens (primary N) is 1. The van der Waals surface area contributed by atoms with Crippen LogP contribution in [0.25, 0.3) is 0 Å². The molecule has 3 N–H and O–H groups in total. The van der Waals surface area contributed by atoms with Gasteiger partial charge in [-0.25, -0.2) is 13.1 Å². The van der Waals surface area contributed by atoms with Gasteiger partial charge in [0.25, 0.3) is 0 Å². The molecule has 0 fully saturated rings. The smallest absolute Gasteiger partial charge is 0.329 e. The van der Waals surface area contributed by atoms with Crippen LogP contribution >= 0.6 is 0 Å². The molecule has 0 aliphatic rings. The van der Waals surface area contributed by atoms with Crippen molar-refractivity contribution in [2.45, 2.75) is 37.4 Å². The second kappa shape index (κ2) is 6.11. The minimum Gasteiger partial charge on any atom is -0.329 e. The Balaban J connectivity index is 3.27. The Morgan fingerprint density at radius 3 is 2.40 bits per heavy atom. The van der Waals surface area contributed by atoms with Crippen molar-refractivity contribution in [3.63, 3.8) is 0 Å². The SMILES string of the molecule is CCC(CN)NS(=O)(=O)c1cccc(C(F)(F)F)c1C. The van der Waals surface area contributed by atoms with Gasteiger partial charge < -0.3 is 5.73 Å². The molecule has 8 heteroatoms. The molecular weight excluding hydrogens is 293 g/mol. The highest BCUT2D eigenvalue weighted by molar-refractivity contribution is 7.89. The topological polar surface area (TPSA) is 72.2 Å². The molecule has 1 atom stereocenters. The number of rotatable bonds is 5. The summed E-state index contributed by atoms with van der Waals surface area (Å²) in [6, 6.07) is 2.58. The van der Waals surface area contributed by atoms with Gasteiger partial charge in [-0.3, -0.25) is 0 Å². The molecule has 1 unspecified atom stereocenters. The van der Waals surface area contributed by atoms with Crippen molar-refractivity contribution < 1.29 is 21.6 Å². The number of hydrogen-bond acceptors (Lipinski definition) is 3. The van der Waals surface area contributed by atoms with Gasteiger partial charge in [0.15, 0.2) is 0 Å². The van der Waals surface area contributed by atoms with Gasteiger partial charge in [-0.1, -0.05) is 13.0 Å². The van der Waals surface area contributed by atoms with E-state index in [4.69, 9.17) is 5.73 Å². The van der Waals surface area contributed by atoms with E-state index < -0.39 is 27.8 Å². The Morgan fingerprint density at radius 1 is 1.35 bits per heavy atom. The van der Waals surface area contributed by atoms with E-state index in [1.54, 1.807) is 6.92 Å². The predicted molar refractivity (Wildman–Crippen MR) is 69.6 cm³/mol. The number of benzene rings is 1. The molecular formula is C12H17F3N2O2S. The average molecular weight is 310 g/mol. The molecule has 0 spiro atoms. The lowest BCUT2D eigenvalue weighted by Gasteiger charge is -2.18. The molecule has 0 bridgehead atoms. The van der Waals surface area contributed by atoms with Crippen LogP contribution < -0.4 is 10.5 Å². The summed E-state index contributed by atoms with van der Waals surface area (Å²) in [6.45, 7) is 2.95. The van der Waals surface area contributed by atoms with E-state index in [0.29, 0.717) is 6.42 Å². The summed E-state index contributed by atoms with van der Waals surface area (Å²) >= 11 is 0. The monoisotopic (exact) mass is 310 g/mol. The van der Waals surface area contributed by atoms with Crippen molar-refractivity contribution in [1.29, 1.82) is 0 Å². The molecule has 0 aromatic heterocycles. The van der Waals surface area contributed by atoms with Crippen LogP contribution in [0.1, 0.15) is 24.5 Å². The molecule has 0 amide bonds. The first-order chi connectivity index (χ1) is 9.13. The second-order valence-corrected chi connectivity index (χ2v) is 6.07. The summed E-state index contributed by atoms with van der Waals surface area (Å²) in [4.78, 5) is -0.376. The van der Waals surface area contributed by atoms with E-state index in [2.05, 4.69) is 4.72 Å². The van der Waals surface area contributed by atoms with Gasteiger partial charge in [-0.15, -0.1) is 0 Å². The fraction of sp³-hybridized carbons (Fsp3) is 0.500. The highest BCUT2D eigenvalue weighted by Crippen LogP contribution is 2.34. The Hall–Kier alpha value is -1.12. The van der Waals surface area contributed by atoms with E-state index in [-0.39, 0.29) is 17.0 Å². The van der Waals surface area contributed by atoms with Gasteiger partial charge in [0.2, 0.25) is 10.0 Å². The molecule has 1 rings (SSSR count). The highest BCUT2D eigenvalue weighted by Gasteiger charge is 2.34. The molecule has 0 aliphatic heterocycles. The summed E-state index contributed by atoms with van der Waals surface area (Å²) in [5.74, 6) is 0. The molecule has 0 heterocycles. The minimum absolute atomic E-state index is 0.0771. The van der Waals surface area contributed by atoms with Crippen LogP contribution in [-0.4, -0.2) is 21.0 Å². The van der Waals surface area contributed by atoms with Gasteiger partial charge in [-0.05, 0) is 31.0 Å². The van der Waals surface area contributed by atoms with Crippen molar-refractivity contribution in [3.05, 3.63) is 29.3 Å². The first kappa shape index (κ1) is 16.9. The average Bonchev–Trinajstić information content (AvgIpc) is 2.34. The zero-order chi connectivity index (χ0) is 15.6. The van der Waals surface area contributed by atoms with Crippen LogP contribution in [0.15, 0.2) is 23.1 Å². The molecule has 1 aromatic rings. The van der Waals surface area contributed by atoms with E-state index in [0.717, 1.165) is 25.1 Å². The van der Waals surface area contributed by atoms with Crippen LogP contribution in [0.5, 0.6) is 0 Å². The van der Waals surface area contributed by atoms with Crippen LogP contribution in [-0.2, 0) is 16.2 Å². The van der Waals surface area contributed by atoms with Crippen molar-refractivity contribution in [2.24, 2.45) is 5.73 Å². The predicted octanol–water partition coefficient (Wildman–Crippen LogP) is 2.03. The third-order valence-electron chi connectivity index (χ3n) is 2.98. The van der Waals surface area contributed by atoms with Gasteiger partial charge in [-0.2, -0.15) is 13.2 Å². The Bertz CT molecular complexity index is 567. The first-order valence-corrected chi connectivity index (χ1v) is 7.51. The standard InChI is InChI=1S/C12H17F3N2O2S/c1-3-9(7-16)17-20(18,19)11-6-4-5-10(8(11)2)12(13,14)15/h4-6,9,17H,3,7,16H2,1-2H3. The van der Waals surface area contributed by atoms with E-state index in [1.165, 1.54) is 0 Å². The molecule has 0 aliphatic carbocycles. The second-order valence-electron chi connectivity index (χ2n) is 4.39. The number of nitrogens with one attached hydrogen (secondary N) is 1. The lowest BCUT2D eigenvalue weighted by molar-refractivity contribution is -0.138. The Labute approximate surface area is 116 Å². The molecule has 20 heavy (non-hydrogen) atoms. The third kappa shape index (κ3) is 3.71. The van der Waals surface area contributed by atoms with Gasteiger partial charge in [0.05, 0.1) is 10.5 Å². The minimum atomic E-state index is -4.59. The van der Waals surface area contributed by atoms with Crippen LogP contribution in [0.3, 0.4) is 0 Å². The summed E-state index contributed by atoms with van der Waals surface area (Å²) in [6.07, 6.45) is -4.14. The maximum absolute atomic E-state index is 12.8. The van der Waals surface area contributed by atoms with E-state index >= 15 is 0 Å². The maximum Gasteiger partial charge on any atom is 0.416 e. The van der Waals surface area contributed by atoms with Gasteiger partial charge in [0, 0.05) is 12.6 Å². The number of hydrogen-bond donors (Lipinski definition) is 2. The zero-order valence-corrected chi connectivity index (χ0v) is 12.0. The Kier molecular flexibility index (Phi) is 5.17. The molecule has 0 radical (unpaired) electrons. The van der Waals surface area contributed by atoms with E-state index in [9.17, 15) is 21.6 Å². The van der Waals surface area contributed by atoms with Crippen molar-refractivity contribution in [1.82, 2.24) is 4.72 Å². The molecule has 4 nitrogen and oxygen atoms in total. The highest BCUT2D eigenvalue weighted by atomic mass is 32.2. The van der Waals surface area contributed by atoms with Gasteiger partial charge >= 0.3 is 6.18 Å². The quantitative estimate of drug-likeness (QED) is 0.874. The molecule has 1 aromatic carbocycles.